The van der Waals surface area contributed by atoms with E-state index in [1.807, 2.05) is 19.1 Å². The number of carboxylic acid groups (broad SMARTS) is 1. The maximum Gasteiger partial charge on any atom is 0.356 e. The van der Waals surface area contributed by atoms with Crippen molar-refractivity contribution in [1.29, 1.82) is 5.26 Å². The molecule has 7 nitrogen and oxygen atoms in total. The molecule has 0 heterocycles. The number of nitrogens with one attached hydrogen (secondary N) is 1. The summed E-state index contributed by atoms with van der Waals surface area (Å²) in [5, 5.41) is 23.3. The van der Waals surface area contributed by atoms with Crippen LogP contribution in [0, 0.1) is 18.3 Å². The predicted octanol–water partition coefficient (Wildman–Crippen LogP) is 4.03. The molecule has 30 heavy (non-hydrogen) atoms. The molecule has 0 bridgehead atoms. The molecular weight excluding hydrogens is 380 g/mol. The zero-order valence-corrected chi connectivity index (χ0v) is 16.5. The molecule has 0 fully saturated rings. The highest BCUT2D eigenvalue weighted by Crippen LogP contribution is 2.30. The summed E-state index contributed by atoms with van der Waals surface area (Å²) < 4.78 is 5.17. The van der Waals surface area contributed by atoms with E-state index in [4.69, 9.17) is 10.5 Å². The van der Waals surface area contributed by atoms with Gasteiger partial charge in [0.15, 0.2) is 5.71 Å². The third kappa shape index (κ3) is 4.39. The van der Waals surface area contributed by atoms with Crippen LogP contribution in [-0.2, 0) is 4.79 Å². The second-order valence-electron chi connectivity index (χ2n) is 6.57. The largest absolute Gasteiger partial charge is 0.497 e. The number of nitrogens with two attached hydrogens (primary N) is 1. The maximum atomic E-state index is 11.9. The molecule has 0 spiro atoms. The van der Waals surface area contributed by atoms with Crippen LogP contribution in [0.25, 0.3) is 11.1 Å². The summed E-state index contributed by atoms with van der Waals surface area (Å²) in [7, 11) is 1.56. The lowest BCUT2D eigenvalue weighted by Gasteiger charge is -2.12. The van der Waals surface area contributed by atoms with Crippen molar-refractivity contribution in [2.45, 2.75) is 6.92 Å². The highest BCUT2D eigenvalue weighted by molar-refractivity contribution is 6.43. The van der Waals surface area contributed by atoms with Gasteiger partial charge < -0.3 is 15.6 Å². The number of nitrogens with zero attached hydrogens (tertiary/aromatic N) is 2. The summed E-state index contributed by atoms with van der Waals surface area (Å²) in [5.41, 5.74) is 12.3. The van der Waals surface area contributed by atoms with Crippen LogP contribution in [0.15, 0.2) is 65.8 Å². The Morgan fingerprint density at radius 3 is 2.37 bits per heavy atom. The lowest BCUT2D eigenvalue weighted by Crippen LogP contribution is -2.17. The molecule has 0 saturated carbocycles. The third-order valence-corrected chi connectivity index (χ3v) is 4.51. The molecule has 150 valence electrons. The molecule has 7 heteroatoms. The highest BCUT2D eigenvalue weighted by Gasteiger charge is 2.18. The molecule has 3 rings (SSSR count). The number of carbonyl (C=O) groups is 1. The van der Waals surface area contributed by atoms with Crippen molar-refractivity contribution in [1.82, 2.24) is 0 Å². The molecule has 0 unspecified atom stereocenters. The Bertz CT molecular complexity index is 1140. The van der Waals surface area contributed by atoms with Crippen molar-refractivity contribution in [2.24, 2.45) is 5.10 Å². The van der Waals surface area contributed by atoms with Crippen LogP contribution in [0.1, 0.15) is 16.7 Å². The summed E-state index contributed by atoms with van der Waals surface area (Å²) in [6.45, 7) is 1.95. The summed E-state index contributed by atoms with van der Waals surface area (Å²) in [5.74, 6) is -0.559. The topological polar surface area (TPSA) is 121 Å². The first-order chi connectivity index (χ1) is 14.4. The van der Waals surface area contributed by atoms with Crippen molar-refractivity contribution in [3.05, 3.63) is 77.4 Å². The number of methoxy groups -OCH3 is 1. The van der Waals surface area contributed by atoms with Gasteiger partial charge in [0.1, 0.15) is 11.8 Å². The van der Waals surface area contributed by atoms with Gasteiger partial charge in [0.05, 0.1) is 24.0 Å². The Labute approximate surface area is 174 Å². The van der Waals surface area contributed by atoms with E-state index in [1.165, 1.54) is 6.07 Å². The number of aliphatic carboxylic acids is 1. The Kier molecular flexibility index (Phi) is 5.99. The standard InChI is InChI=1S/C23H20N4O3/c1-14-3-7-17(8-4-14)26-27-22(23(28)29)16-11-19(20(13-24)21(25)12-16)15-5-9-18(30-2)10-6-15/h3-12,26H,25H2,1-2H3,(H,28,29)/b27-22+. The van der Waals surface area contributed by atoms with Gasteiger partial charge >= 0.3 is 5.97 Å². The number of carboxylic acids is 1. The average Bonchev–Trinajstić information content (AvgIpc) is 2.74. The van der Waals surface area contributed by atoms with Gasteiger partial charge in [-0.1, -0.05) is 29.8 Å². The van der Waals surface area contributed by atoms with E-state index in [2.05, 4.69) is 16.6 Å². The van der Waals surface area contributed by atoms with Gasteiger partial charge in [-0.15, -0.1) is 0 Å². The number of nitriles is 1. The van der Waals surface area contributed by atoms with E-state index in [0.717, 1.165) is 5.56 Å². The quantitative estimate of drug-likeness (QED) is 0.326. The van der Waals surface area contributed by atoms with Gasteiger partial charge in [-0.3, -0.25) is 5.43 Å². The minimum Gasteiger partial charge on any atom is -0.497 e. The van der Waals surface area contributed by atoms with Crippen molar-refractivity contribution in [2.75, 3.05) is 18.3 Å². The second kappa shape index (κ2) is 8.80. The van der Waals surface area contributed by atoms with Gasteiger partial charge in [0, 0.05) is 11.1 Å². The fourth-order valence-corrected chi connectivity index (χ4v) is 2.91. The Morgan fingerprint density at radius 2 is 1.80 bits per heavy atom. The Hall–Kier alpha value is -4.31. The van der Waals surface area contributed by atoms with Crippen LogP contribution in [-0.4, -0.2) is 23.9 Å². The third-order valence-electron chi connectivity index (χ3n) is 4.51. The second-order valence-corrected chi connectivity index (χ2v) is 6.57. The van der Waals surface area contributed by atoms with Gasteiger partial charge in [-0.25, -0.2) is 4.79 Å². The van der Waals surface area contributed by atoms with E-state index >= 15 is 0 Å². The van der Waals surface area contributed by atoms with Crippen LogP contribution in [0.4, 0.5) is 11.4 Å². The molecule has 0 aromatic heterocycles. The first-order valence-corrected chi connectivity index (χ1v) is 9.05. The van der Waals surface area contributed by atoms with Crippen LogP contribution in [0.2, 0.25) is 0 Å². The number of nitrogen functional groups attached to an aromatic ring is 1. The van der Waals surface area contributed by atoms with Crippen LogP contribution in [0.3, 0.4) is 0 Å². The summed E-state index contributed by atoms with van der Waals surface area (Å²) in [6, 6.07) is 19.6. The number of hydrazone groups is 1. The predicted molar refractivity (Wildman–Crippen MR) is 117 cm³/mol. The number of anilines is 2. The van der Waals surface area contributed by atoms with Gasteiger partial charge in [0.2, 0.25) is 0 Å². The molecule has 0 atom stereocenters. The number of benzene rings is 3. The van der Waals surface area contributed by atoms with Crippen LogP contribution >= 0.6 is 0 Å². The van der Waals surface area contributed by atoms with Crippen LogP contribution in [0.5, 0.6) is 5.75 Å². The number of ether oxygens (including phenoxy) is 1. The van der Waals surface area contributed by atoms with Gasteiger partial charge in [0.25, 0.3) is 0 Å². The van der Waals surface area contributed by atoms with Crippen LogP contribution < -0.4 is 15.9 Å². The molecule has 0 amide bonds. The minimum absolute atomic E-state index is 0.171. The van der Waals surface area contributed by atoms with Crippen molar-refractivity contribution < 1.29 is 14.6 Å². The smallest absolute Gasteiger partial charge is 0.356 e. The number of hydrogen-bond acceptors (Lipinski definition) is 6. The molecule has 0 aliphatic heterocycles. The van der Waals surface area contributed by atoms with Gasteiger partial charge in [-0.05, 0) is 48.9 Å². The van der Waals surface area contributed by atoms with Gasteiger partial charge in [-0.2, -0.15) is 10.4 Å². The number of hydrogen-bond donors (Lipinski definition) is 3. The maximum absolute atomic E-state index is 11.9. The van der Waals surface area contributed by atoms with E-state index in [0.29, 0.717) is 22.6 Å². The number of rotatable bonds is 6. The van der Waals surface area contributed by atoms with Crippen molar-refractivity contribution in [3.63, 3.8) is 0 Å². The molecule has 0 saturated heterocycles. The highest BCUT2D eigenvalue weighted by atomic mass is 16.5. The molecule has 0 radical (unpaired) electrons. The lowest BCUT2D eigenvalue weighted by atomic mass is 9.94. The molecule has 3 aromatic rings. The lowest BCUT2D eigenvalue weighted by molar-refractivity contribution is -0.129. The molecule has 3 aromatic carbocycles. The molecule has 0 aliphatic carbocycles. The van der Waals surface area contributed by atoms with E-state index in [9.17, 15) is 15.2 Å². The first kappa shape index (κ1) is 20.4. The van der Waals surface area contributed by atoms with E-state index in [1.54, 1.807) is 49.6 Å². The summed E-state index contributed by atoms with van der Waals surface area (Å²) >= 11 is 0. The van der Waals surface area contributed by atoms with Crippen molar-refractivity contribution in [3.8, 4) is 22.9 Å². The summed E-state index contributed by atoms with van der Waals surface area (Å²) in [6.07, 6.45) is 0. The monoisotopic (exact) mass is 400 g/mol. The molecule has 0 aliphatic rings. The zero-order valence-electron chi connectivity index (χ0n) is 16.5. The van der Waals surface area contributed by atoms with E-state index < -0.39 is 5.97 Å². The molecule has 4 N–H and O–H groups in total. The minimum atomic E-state index is -1.22. The Morgan fingerprint density at radius 1 is 1.13 bits per heavy atom. The SMILES string of the molecule is COc1ccc(-c2cc(/C(=N\Nc3ccc(C)cc3)C(=O)O)cc(N)c2C#N)cc1. The Balaban J connectivity index is 2.07. The normalized spacial score (nSPS) is 10.9. The number of aryl methyl sites for hydroxylation is 1. The fourth-order valence-electron chi connectivity index (χ4n) is 2.91. The summed E-state index contributed by atoms with van der Waals surface area (Å²) in [4.78, 5) is 11.9. The fraction of sp³-hybridized carbons (Fsp3) is 0.0870. The van der Waals surface area contributed by atoms with Crippen molar-refractivity contribution >= 4 is 23.1 Å². The zero-order chi connectivity index (χ0) is 21.7. The first-order valence-electron chi connectivity index (χ1n) is 9.05. The molecular formula is C23H20N4O3. The average molecular weight is 400 g/mol. The van der Waals surface area contributed by atoms with E-state index in [-0.39, 0.29) is 22.5 Å².